The third kappa shape index (κ3) is 4.73. The number of carbonyl (C=O) groups excluding carboxylic acids is 2. The molecule has 1 amide bonds. The van der Waals surface area contributed by atoms with Crippen molar-refractivity contribution < 1.29 is 19.1 Å². The van der Waals surface area contributed by atoms with Crippen molar-refractivity contribution in [2.75, 3.05) is 14.2 Å². The zero-order valence-electron chi connectivity index (χ0n) is 13.4. The zero-order chi connectivity index (χ0) is 17.5. The van der Waals surface area contributed by atoms with Gasteiger partial charge in [-0.3, -0.25) is 9.59 Å². The van der Waals surface area contributed by atoms with E-state index in [1.165, 1.54) is 14.2 Å². The number of carbonyl (C=O) groups is 2. The molecule has 0 aliphatic carbocycles. The Morgan fingerprint density at radius 3 is 2.46 bits per heavy atom. The van der Waals surface area contributed by atoms with Crippen LogP contribution < -0.4 is 10.1 Å². The van der Waals surface area contributed by atoms with Crippen molar-refractivity contribution in [2.24, 2.45) is 0 Å². The molecule has 2 rings (SSSR count). The Morgan fingerprint density at radius 1 is 1.12 bits per heavy atom. The lowest BCUT2D eigenvalue weighted by atomic mass is 10.0. The molecule has 24 heavy (non-hydrogen) atoms. The molecular formula is C18H18ClNO4. The lowest BCUT2D eigenvalue weighted by Crippen LogP contribution is -2.30. The second-order valence-corrected chi connectivity index (χ2v) is 5.53. The minimum atomic E-state index is -0.520. The highest BCUT2D eigenvalue weighted by molar-refractivity contribution is 6.30. The number of halogens is 1. The predicted octanol–water partition coefficient (Wildman–Crippen LogP) is 3.38. The fourth-order valence-corrected chi connectivity index (χ4v) is 2.33. The topological polar surface area (TPSA) is 64.6 Å². The Kier molecular flexibility index (Phi) is 6.21. The molecule has 0 spiro atoms. The van der Waals surface area contributed by atoms with Crippen LogP contribution in [0.3, 0.4) is 0 Å². The summed E-state index contributed by atoms with van der Waals surface area (Å²) in [7, 11) is 2.84. The van der Waals surface area contributed by atoms with Gasteiger partial charge in [0.15, 0.2) is 0 Å². The minimum Gasteiger partial charge on any atom is -0.497 e. The van der Waals surface area contributed by atoms with Crippen molar-refractivity contribution in [1.29, 1.82) is 0 Å². The number of hydrogen-bond acceptors (Lipinski definition) is 4. The summed E-state index contributed by atoms with van der Waals surface area (Å²) in [6.45, 7) is 0. The van der Waals surface area contributed by atoms with Gasteiger partial charge in [0, 0.05) is 10.6 Å². The fraction of sp³-hybridized carbons (Fsp3) is 0.222. The van der Waals surface area contributed by atoms with Crippen LogP contribution in [0.15, 0.2) is 48.5 Å². The largest absolute Gasteiger partial charge is 0.497 e. The van der Waals surface area contributed by atoms with Gasteiger partial charge in [0.05, 0.1) is 26.7 Å². The Hall–Kier alpha value is -2.53. The van der Waals surface area contributed by atoms with E-state index in [1.807, 2.05) is 0 Å². The number of amides is 1. The highest BCUT2D eigenvalue weighted by atomic mass is 35.5. The third-order valence-corrected chi connectivity index (χ3v) is 3.76. The Bertz CT molecular complexity index is 715. The predicted molar refractivity (Wildman–Crippen MR) is 91.3 cm³/mol. The van der Waals surface area contributed by atoms with Crippen molar-refractivity contribution in [3.63, 3.8) is 0 Å². The standard InChI is InChI=1S/C18H18ClNO4/c1-23-15-5-3-4-13(10-15)18(22)20-16(11-17(21)24-2)12-6-8-14(19)9-7-12/h3-10,16H,11H2,1-2H3,(H,20,22). The van der Waals surface area contributed by atoms with Gasteiger partial charge in [-0.15, -0.1) is 0 Å². The molecule has 2 aromatic rings. The third-order valence-electron chi connectivity index (χ3n) is 3.51. The maximum absolute atomic E-state index is 12.5. The van der Waals surface area contributed by atoms with Gasteiger partial charge in [0.25, 0.3) is 5.91 Å². The Labute approximate surface area is 145 Å². The molecule has 0 radical (unpaired) electrons. The van der Waals surface area contributed by atoms with E-state index in [0.29, 0.717) is 16.3 Å². The molecule has 2 aromatic carbocycles. The summed E-state index contributed by atoms with van der Waals surface area (Å²) in [5.74, 6) is -0.141. The van der Waals surface area contributed by atoms with Gasteiger partial charge in [0.2, 0.25) is 0 Å². The number of ether oxygens (including phenoxy) is 2. The lowest BCUT2D eigenvalue weighted by Gasteiger charge is -2.18. The molecule has 1 atom stereocenters. The highest BCUT2D eigenvalue weighted by Gasteiger charge is 2.20. The van der Waals surface area contributed by atoms with Crippen LogP contribution in [0.4, 0.5) is 0 Å². The lowest BCUT2D eigenvalue weighted by molar-refractivity contribution is -0.141. The average molecular weight is 348 g/mol. The average Bonchev–Trinajstić information content (AvgIpc) is 2.61. The molecular weight excluding hydrogens is 330 g/mol. The molecule has 0 heterocycles. The maximum atomic E-state index is 12.5. The van der Waals surface area contributed by atoms with Crippen molar-refractivity contribution in [3.05, 3.63) is 64.7 Å². The first kappa shape index (κ1) is 17.8. The molecule has 6 heteroatoms. The van der Waals surface area contributed by atoms with E-state index < -0.39 is 12.0 Å². The van der Waals surface area contributed by atoms with E-state index in [9.17, 15) is 9.59 Å². The van der Waals surface area contributed by atoms with Crippen LogP contribution in [0.2, 0.25) is 5.02 Å². The Balaban J connectivity index is 2.21. The van der Waals surface area contributed by atoms with E-state index >= 15 is 0 Å². The van der Waals surface area contributed by atoms with E-state index in [-0.39, 0.29) is 12.3 Å². The van der Waals surface area contributed by atoms with Gasteiger partial charge < -0.3 is 14.8 Å². The van der Waals surface area contributed by atoms with E-state index in [1.54, 1.807) is 48.5 Å². The molecule has 0 saturated carbocycles. The number of esters is 1. The van der Waals surface area contributed by atoms with Crippen LogP contribution >= 0.6 is 11.6 Å². The molecule has 126 valence electrons. The van der Waals surface area contributed by atoms with Gasteiger partial charge in [0.1, 0.15) is 5.75 Å². The van der Waals surface area contributed by atoms with Crippen molar-refractivity contribution >= 4 is 23.5 Å². The fourth-order valence-electron chi connectivity index (χ4n) is 2.20. The number of hydrogen-bond donors (Lipinski definition) is 1. The van der Waals surface area contributed by atoms with Crippen LogP contribution in [0.1, 0.15) is 28.4 Å². The van der Waals surface area contributed by atoms with Crippen LogP contribution in [-0.4, -0.2) is 26.1 Å². The number of nitrogens with one attached hydrogen (secondary N) is 1. The van der Waals surface area contributed by atoms with Crippen LogP contribution in [0, 0.1) is 0 Å². The second-order valence-electron chi connectivity index (χ2n) is 5.09. The van der Waals surface area contributed by atoms with Crippen molar-refractivity contribution in [1.82, 2.24) is 5.32 Å². The quantitative estimate of drug-likeness (QED) is 0.813. The van der Waals surface area contributed by atoms with Crippen molar-refractivity contribution in [2.45, 2.75) is 12.5 Å². The van der Waals surface area contributed by atoms with Gasteiger partial charge in [-0.2, -0.15) is 0 Å². The zero-order valence-corrected chi connectivity index (χ0v) is 14.2. The first-order valence-corrected chi connectivity index (χ1v) is 7.68. The van der Waals surface area contributed by atoms with E-state index in [4.69, 9.17) is 21.1 Å². The smallest absolute Gasteiger partial charge is 0.307 e. The first-order valence-electron chi connectivity index (χ1n) is 7.30. The molecule has 1 unspecified atom stereocenters. The maximum Gasteiger partial charge on any atom is 0.307 e. The molecule has 0 fully saturated rings. The molecule has 0 saturated heterocycles. The van der Waals surface area contributed by atoms with Gasteiger partial charge in [-0.05, 0) is 35.9 Å². The van der Waals surface area contributed by atoms with Crippen LogP contribution in [0.5, 0.6) is 5.75 Å². The van der Waals surface area contributed by atoms with Crippen LogP contribution in [-0.2, 0) is 9.53 Å². The second kappa shape index (κ2) is 8.36. The molecule has 5 nitrogen and oxygen atoms in total. The number of benzene rings is 2. The first-order chi connectivity index (χ1) is 11.5. The summed E-state index contributed by atoms with van der Waals surface area (Å²) < 4.78 is 9.83. The minimum absolute atomic E-state index is 0.0217. The molecule has 0 bridgehead atoms. The van der Waals surface area contributed by atoms with Crippen molar-refractivity contribution in [3.8, 4) is 5.75 Å². The van der Waals surface area contributed by atoms with Gasteiger partial charge in [-0.25, -0.2) is 0 Å². The number of methoxy groups -OCH3 is 2. The normalized spacial score (nSPS) is 11.5. The van der Waals surface area contributed by atoms with Gasteiger partial charge in [-0.1, -0.05) is 29.8 Å². The number of rotatable bonds is 6. The monoisotopic (exact) mass is 347 g/mol. The van der Waals surface area contributed by atoms with Gasteiger partial charge >= 0.3 is 5.97 Å². The summed E-state index contributed by atoms with van der Waals surface area (Å²) in [4.78, 5) is 24.1. The highest BCUT2D eigenvalue weighted by Crippen LogP contribution is 2.21. The molecule has 1 N–H and O–H groups in total. The van der Waals surface area contributed by atoms with E-state index in [0.717, 1.165) is 5.56 Å². The summed E-state index contributed by atoms with van der Waals surface area (Å²) in [6, 6.07) is 13.2. The molecule has 0 aliphatic rings. The Morgan fingerprint density at radius 2 is 1.83 bits per heavy atom. The summed E-state index contributed by atoms with van der Waals surface area (Å²) in [6.07, 6.45) is 0.0217. The molecule has 0 aromatic heterocycles. The van der Waals surface area contributed by atoms with Crippen LogP contribution in [0.25, 0.3) is 0 Å². The SMILES string of the molecule is COC(=O)CC(NC(=O)c1cccc(OC)c1)c1ccc(Cl)cc1. The summed E-state index contributed by atoms with van der Waals surface area (Å²) in [5, 5.41) is 3.43. The summed E-state index contributed by atoms with van der Waals surface area (Å²) >= 11 is 5.89. The van der Waals surface area contributed by atoms with E-state index in [2.05, 4.69) is 5.32 Å². The molecule has 0 aliphatic heterocycles. The summed E-state index contributed by atoms with van der Waals surface area (Å²) in [5.41, 5.74) is 1.21.